The standard InChI is InChI=1S/C28H21BrO4/c29-24-15-17-25(18-16-24)32-19-20-11-13-23(14-12-20)28(31)33-27(22-9-5-2-6-10-22)26(30)21-7-3-1-4-8-21/h1-18,27H,19H2/t27-/m0/s1. The molecule has 0 aliphatic heterocycles. The van der Waals surface area contributed by atoms with E-state index in [2.05, 4.69) is 15.9 Å². The summed E-state index contributed by atoms with van der Waals surface area (Å²) in [5.74, 6) is -0.0741. The number of halogens is 1. The molecule has 0 fully saturated rings. The third-order valence-corrected chi connectivity index (χ3v) is 5.56. The number of ether oxygens (including phenoxy) is 2. The lowest BCUT2D eigenvalue weighted by atomic mass is 9.99. The van der Waals surface area contributed by atoms with E-state index in [0.29, 0.717) is 23.3 Å². The van der Waals surface area contributed by atoms with Crippen LogP contribution < -0.4 is 4.74 Å². The molecule has 0 spiro atoms. The minimum absolute atomic E-state index is 0.269. The number of ketones is 1. The highest BCUT2D eigenvalue weighted by Gasteiger charge is 2.26. The van der Waals surface area contributed by atoms with Crippen LogP contribution in [0.2, 0.25) is 0 Å². The van der Waals surface area contributed by atoms with Crippen LogP contribution >= 0.6 is 15.9 Å². The Morgan fingerprint density at radius 3 is 1.94 bits per heavy atom. The summed E-state index contributed by atoms with van der Waals surface area (Å²) in [5, 5.41) is 0. The first-order valence-corrected chi connectivity index (χ1v) is 11.2. The molecule has 0 saturated carbocycles. The van der Waals surface area contributed by atoms with Gasteiger partial charge in [0.2, 0.25) is 5.78 Å². The lowest BCUT2D eigenvalue weighted by Gasteiger charge is -2.17. The lowest BCUT2D eigenvalue weighted by Crippen LogP contribution is -2.20. The van der Waals surface area contributed by atoms with E-state index in [1.165, 1.54) is 0 Å². The Hall–Kier alpha value is -3.70. The van der Waals surface area contributed by atoms with Gasteiger partial charge in [-0.25, -0.2) is 4.79 Å². The fourth-order valence-electron chi connectivity index (χ4n) is 3.26. The zero-order chi connectivity index (χ0) is 23.0. The van der Waals surface area contributed by atoms with Crippen LogP contribution in [0.3, 0.4) is 0 Å². The van der Waals surface area contributed by atoms with E-state index >= 15 is 0 Å². The second-order valence-electron chi connectivity index (χ2n) is 7.37. The first-order chi connectivity index (χ1) is 16.1. The van der Waals surface area contributed by atoms with Gasteiger partial charge in [0.05, 0.1) is 5.56 Å². The first kappa shape index (κ1) is 22.5. The van der Waals surface area contributed by atoms with Gasteiger partial charge in [-0.05, 0) is 42.0 Å². The van der Waals surface area contributed by atoms with Crippen molar-refractivity contribution in [3.63, 3.8) is 0 Å². The Bertz CT molecular complexity index is 1200. The molecule has 0 bridgehead atoms. The first-order valence-electron chi connectivity index (χ1n) is 10.4. The van der Waals surface area contributed by atoms with E-state index in [4.69, 9.17) is 9.47 Å². The topological polar surface area (TPSA) is 52.6 Å². The summed E-state index contributed by atoms with van der Waals surface area (Å²) in [6.07, 6.45) is -1.03. The van der Waals surface area contributed by atoms with E-state index < -0.39 is 12.1 Å². The van der Waals surface area contributed by atoms with Crippen LogP contribution in [0.15, 0.2) is 114 Å². The number of hydrogen-bond acceptors (Lipinski definition) is 4. The predicted octanol–water partition coefficient (Wildman–Crippen LogP) is 6.81. The molecule has 0 N–H and O–H groups in total. The van der Waals surface area contributed by atoms with Gasteiger partial charge in [-0.3, -0.25) is 4.79 Å². The van der Waals surface area contributed by atoms with Gasteiger partial charge < -0.3 is 9.47 Å². The van der Waals surface area contributed by atoms with E-state index in [0.717, 1.165) is 15.8 Å². The molecule has 1 atom stereocenters. The molecule has 0 aromatic heterocycles. The number of benzene rings is 4. The van der Waals surface area contributed by atoms with Crippen LogP contribution in [0.5, 0.6) is 5.75 Å². The lowest BCUT2D eigenvalue weighted by molar-refractivity contribution is 0.0280. The van der Waals surface area contributed by atoms with Crippen molar-refractivity contribution in [3.05, 3.63) is 136 Å². The van der Waals surface area contributed by atoms with Gasteiger partial charge in [-0.2, -0.15) is 0 Å². The molecule has 0 aliphatic carbocycles. The average molecular weight is 501 g/mol. The quantitative estimate of drug-likeness (QED) is 0.197. The van der Waals surface area contributed by atoms with E-state index in [-0.39, 0.29) is 5.78 Å². The number of Topliss-reactive ketones (excluding diaryl/α,β-unsaturated/α-hetero) is 1. The predicted molar refractivity (Wildman–Crippen MR) is 130 cm³/mol. The molecular weight excluding hydrogens is 480 g/mol. The van der Waals surface area contributed by atoms with Crippen molar-refractivity contribution in [2.45, 2.75) is 12.7 Å². The Kier molecular flexibility index (Phi) is 7.33. The summed E-state index contributed by atoms with van der Waals surface area (Å²) in [4.78, 5) is 26.0. The van der Waals surface area contributed by atoms with Crippen molar-refractivity contribution >= 4 is 27.7 Å². The monoisotopic (exact) mass is 500 g/mol. The van der Waals surface area contributed by atoms with Gasteiger partial charge in [0.15, 0.2) is 6.10 Å². The van der Waals surface area contributed by atoms with Gasteiger partial charge in [0.1, 0.15) is 12.4 Å². The minimum atomic E-state index is -1.03. The van der Waals surface area contributed by atoms with Crippen molar-refractivity contribution in [1.82, 2.24) is 0 Å². The van der Waals surface area contributed by atoms with Gasteiger partial charge in [-0.1, -0.05) is 88.7 Å². The van der Waals surface area contributed by atoms with Crippen molar-refractivity contribution in [3.8, 4) is 5.75 Å². The Morgan fingerprint density at radius 2 is 1.30 bits per heavy atom. The third-order valence-electron chi connectivity index (χ3n) is 5.03. The van der Waals surface area contributed by atoms with Crippen LogP contribution in [-0.2, 0) is 11.3 Å². The van der Waals surface area contributed by atoms with E-state index in [1.54, 1.807) is 48.5 Å². The SMILES string of the molecule is O=C(O[C@H](C(=O)c1ccccc1)c1ccccc1)c1ccc(COc2ccc(Br)cc2)cc1. The number of hydrogen-bond donors (Lipinski definition) is 0. The molecule has 33 heavy (non-hydrogen) atoms. The second kappa shape index (κ2) is 10.7. The van der Waals surface area contributed by atoms with Crippen LogP contribution in [0.1, 0.15) is 37.9 Å². The van der Waals surface area contributed by atoms with Crippen LogP contribution in [0.4, 0.5) is 0 Å². The average Bonchev–Trinajstić information content (AvgIpc) is 2.88. The molecular formula is C28H21BrO4. The van der Waals surface area contributed by atoms with Crippen LogP contribution in [0, 0.1) is 0 Å². The zero-order valence-electron chi connectivity index (χ0n) is 17.7. The van der Waals surface area contributed by atoms with Crippen LogP contribution in [0.25, 0.3) is 0 Å². The molecule has 0 heterocycles. The maximum atomic E-state index is 13.1. The van der Waals surface area contributed by atoms with Gasteiger partial charge in [0.25, 0.3) is 0 Å². The summed E-state index contributed by atoms with van der Waals surface area (Å²) in [7, 11) is 0. The summed E-state index contributed by atoms with van der Waals surface area (Å²) in [6, 6.07) is 32.4. The Labute approximate surface area is 200 Å². The summed E-state index contributed by atoms with van der Waals surface area (Å²) < 4.78 is 12.4. The third kappa shape index (κ3) is 5.96. The maximum Gasteiger partial charge on any atom is 0.339 e. The van der Waals surface area contributed by atoms with Crippen molar-refractivity contribution in [2.75, 3.05) is 0 Å². The molecule has 0 unspecified atom stereocenters. The van der Waals surface area contributed by atoms with E-state index in [9.17, 15) is 9.59 Å². The largest absolute Gasteiger partial charge is 0.489 e. The number of carbonyl (C=O) groups excluding carboxylic acids is 2. The molecule has 0 radical (unpaired) electrons. The van der Waals surface area contributed by atoms with Crippen molar-refractivity contribution < 1.29 is 19.1 Å². The molecule has 4 nitrogen and oxygen atoms in total. The summed E-state index contributed by atoms with van der Waals surface area (Å²) >= 11 is 3.40. The highest BCUT2D eigenvalue weighted by molar-refractivity contribution is 9.10. The molecule has 4 rings (SSSR count). The zero-order valence-corrected chi connectivity index (χ0v) is 19.3. The fraction of sp³-hybridized carbons (Fsp3) is 0.0714. The molecule has 4 aromatic carbocycles. The number of rotatable bonds is 8. The summed E-state index contributed by atoms with van der Waals surface area (Å²) in [5.41, 5.74) is 2.39. The minimum Gasteiger partial charge on any atom is -0.489 e. The normalized spacial score (nSPS) is 11.4. The van der Waals surface area contributed by atoms with Gasteiger partial charge >= 0.3 is 5.97 Å². The van der Waals surface area contributed by atoms with Crippen molar-refractivity contribution in [2.24, 2.45) is 0 Å². The fourth-order valence-corrected chi connectivity index (χ4v) is 3.53. The second-order valence-corrected chi connectivity index (χ2v) is 8.28. The summed E-state index contributed by atoms with van der Waals surface area (Å²) in [6.45, 7) is 0.371. The van der Waals surface area contributed by atoms with E-state index in [1.807, 2.05) is 60.7 Å². The number of esters is 1. The molecule has 0 aliphatic rings. The molecule has 0 amide bonds. The molecule has 0 saturated heterocycles. The van der Waals surface area contributed by atoms with Gasteiger partial charge in [-0.15, -0.1) is 0 Å². The highest BCUT2D eigenvalue weighted by atomic mass is 79.9. The smallest absolute Gasteiger partial charge is 0.339 e. The Morgan fingerprint density at radius 1 is 0.697 bits per heavy atom. The van der Waals surface area contributed by atoms with Gasteiger partial charge in [0, 0.05) is 15.6 Å². The molecule has 5 heteroatoms. The van der Waals surface area contributed by atoms with Crippen molar-refractivity contribution in [1.29, 1.82) is 0 Å². The molecule has 164 valence electrons. The number of carbonyl (C=O) groups is 2. The molecule has 4 aromatic rings. The maximum absolute atomic E-state index is 13.1. The highest BCUT2D eigenvalue weighted by Crippen LogP contribution is 2.24. The Balaban J connectivity index is 1.46. The van der Waals surface area contributed by atoms with Crippen LogP contribution in [-0.4, -0.2) is 11.8 Å².